The Kier molecular flexibility index (Phi) is 6.06. The van der Waals surface area contributed by atoms with Crippen LogP contribution in [0, 0.1) is 6.92 Å². The first-order valence-electron chi connectivity index (χ1n) is 8.02. The number of hydrogen-bond donors (Lipinski definition) is 1. The van der Waals surface area contributed by atoms with Gasteiger partial charge in [-0.05, 0) is 31.5 Å². The predicted octanol–water partition coefficient (Wildman–Crippen LogP) is 3.31. The zero-order chi connectivity index (χ0) is 18.4. The standard InChI is InChI=1S/C20H21NO4/c1-13-4-8-17(9-5-13)20(24)14(2)25-19(23)12-16-6-10-18(11-7-16)21-15(3)22/h4-11,14H,12H2,1-3H3,(H,21,22)/t14-/m0/s1. The molecular formula is C20H21NO4. The van der Waals surface area contributed by atoms with Gasteiger partial charge in [-0.25, -0.2) is 0 Å². The zero-order valence-corrected chi connectivity index (χ0v) is 14.5. The zero-order valence-electron chi connectivity index (χ0n) is 14.5. The molecule has 0 spiro atoms. The first kappa shape index (κ1) is 18.4. The Morgan fingerprint density at radius 3 is 2.16 bits per heavy atom. The summed E-state index contributed by atoms with van der Waals surface area (Å²) in [6.07, 6.45) is -0.778. The molecule has 2 rings (SSSR count). The lowest BCUT2D eigenvalue weighted by molar-refractivity contribution is -0.145. The molecule has 0 unspecified atom stereocenters. The highest BCUT2D eigenvalue weighted by Gasteiger charge is 2.19. The van der Waals surface area contributed by atoms with Gasteiger partial charge in [-0.3, -0.25) is 14.4 Å². The van der Waals surface area contributed by atoms with Crippen LogP contribution in [0.4, 0.5) is 5.69 Å². The van der Waals surface area contributed by atoms with Crippen LogP contribution in [0.3, 0.4) is 0 Å². The normalized spacial score (nSPS) is 11.5. The number of rotatable bonds is 6. The molecule has 25 heavy (non-hydrogen) atoms. The van der Waals surface area contributed by atoms with Crippen LogP contribution in [-0.2, 0) is 20.7 Å². The lowest BCUT2D eigenvalue weighted by atomic mass is 10.1. The SMILES string of the molecule is CC(=O)Nc1ccc(CC(=O)O[C@@H](C)C(=O)c2ccc(C)cc2)cc1. The molecule has 0 fully saturated rings. The molecule has 0 heterocycles. The quantitative estimate of drug-likeness (QED) is 0.647. The highest BCUT2D eigenvalue weighted by atomic mass is 16.5. The number of anilines is 1. The van der Waals surface area contributed by atoms with Crippen molar-refractivity contribution >= 4 is 23.3 Å². The molecule has 0 aromatic heterocycles. The fourth-order valence-corrected chi connectivity index (χ4v) is 2.32. The number of carbonyl (C=O) groups is 3. The Morgan fingerprint density at radius 2 is 1.60 bits per heavy atom. The number of ether oxygens (including phenoxy) is 1. The van der Waals surface area contributed by atoms with E-state index in [2.05, 4.69) is 5.32 Å². The molecule has 1 amide bonds. The molecule has 0 bridgehead atoms. The van der Waals surface area contributed by atoms with Crippen molar-refractivity contribution in [1.29, 1.82) is 0 Å². The number of Topliss-reactive ketones (excluding diaryl/α,β-unsaturated/α-hetero) is 1. The molecule has 0 aliphatic carbocycles. The van der Waals surface area contributed by atoms with Crippen LogP contribution in [0.1, 0.15) is 35.3 Å². The molecule has 0 saturated heterocycles. The van der Waals surface area contributed by atoms with Crippen molar-refractivity contribution in [2.24, 2.45) is 0 Å². The van der Waals surface area contributed by atoms with Crippen LogP contribution in [-0.4, -0.2) is 23.8 Å². The molecule has 2 aromatic carbocycles. The van der Waals surface area contributed by atoms with Crippen molar-refractivity contribution in [1.82, 2.24) is 0 Å². The summed E-state index contributed by atoms with van der Waals surface area (Å²) in [6.45, 7) is 4.94. The number of benzene rings is 2. The van der Waals surface area contributed by atoms with Crippen molar-refractivity contribution < 1.29 is 19.1 Å². The third-order valence-electron chi connectivity index (χ3n) is 3.64. The highest BCUT2D eigenvalue weighted by Crippen LogP contribution is 2.12. The predicted molar refractivity (Wildman–Crippen MR) is 95.5 cm³/mol. The van der Waals surface area contributed by atoms with Gasteiger partial charge >= 0.3 is 5.97 Å². The molecule has 5 nitrogen and oxygen atoms in total. The van der Waals surface area contributed by atoms with Crippen molar-refractivity contribution in [3.8, 4) is 0 Å². The monoisotopic (exact) mass is 339 g/mol. The van der Waals surface area contributed by atoms with Crippen LogP contribution < -0.4 is 5.32 Å². The summed E-state index contributed by atoms with van der Waals surface area (Å²) in [7, 11) is 0. The molecule has 0 aliphatic heterocycles. The average Bonchev–Trinajstić information content (AvgIpc) is 2.56. The first-order valence-corrected chi connectivity index (χ1v) is 8.02. The Labute approximate surface area is 147 Å². The molecule has 130 valence electrons. The summed E-state index contributed by atoms with van der Waals surface area (Å²) in [5, 5.41) is 2.65. The molecule has 0 radical (unpaired) electrons. The summed E-state index contributed by atoms with van der Waals surface area (Å²) in [5.74, 6) is -0.856. The average molecular weight is 339 g/mol. The summed E-state index contributed by atoms with van der Waals surface area (Å²) in [6, 6.07) is 14.0. The van der Waals surface area contributed by atoms with Gasteiger partial charge in [-0.15, -0.1) is 0 Å². The number of hydrogen-bond acceptors (Lipinski definition) is 4. The minimum absolute atomic E-state index is 0.0614. The van der Waals surface area contributed by atoms with Gasteiger partial charge in [0.25, 0.3) is 0 Å². The van der Waals surface area contributed by atoms with E-state index in [-0.39, 0.29) is 18.1 Å². The second-order valence-electron chi connectivity index (χ2n) is 5.92. The number of ketones is 1. The van der Waals surface area contributed by atoms with Crippen LogP contribution in [0.2, 0.25) is 0 Å². The van der Waals surface area contributed by atoms with Crippen molar-refractivity contribution in [2.45, 2.75) is 33.3 Å². The van der Waals surface area contributed by atoms with Gasteiger partial charge in [-0.2, -0.15) is 0 Å². The third-order valence-corrected chi connectivity index (χ3v) is 3.64. The van der Waals surface area contributed by atoms with Crippen LogP contribution >= 0.6 is 0 Å². The van der Waals surface area contributed by atoms with E-state index in [4.69, 9.17) is 4.74 Å². The van der Waals surface area contributed by atoms with E-state index in [9.17, 15) is 14.4 Å². The van der Waals surface area contributed by atoms with Crippen LogP contribution in [0.15, 0.2) is 48.5 Å². The van der Waals surface area contributed by atoms with Gasteiger partial charge in [-0.1, -0.05) is 42.0 Å². The highest BCUT2D eigenvalue weighted by molar-refractivity contribution is 6.00. The summed E-state index contributed by atoms with van der Waals surface area (Å²) >= 11 is 0. The van der Waals surface area contributed by atoms with Gasteiger partial charge in [0.2, 0.25) is 11.7 Å². The second-order valence-corrected chi connectivity index (χ2v) is 5.92. The van der Waals surface area contributed by atoms with E-state index >= 15 is 0 Å². The minimum Gasteiger partial charge on any atom is -0.454 e. The largest absolute Gasteiger partial charge is 0.454 e. The van der Waals surface area contributed by atoms with E-state index in [1.165, 1.54) is 6.92 Å². The van der Waals surface area contributed by atoms with Crippen molar-refractivity contribution in [3.63, 3.8) is 0 Å². The van der Waals surface area contributed by atoms with Crippen LogP contribution in [0.25, 0.3) is 0 Å². The van der Waals surface area contributed by atoms with Crippen molar-refractivity contribution in [3.05, 3.63) is 65.2 Å². The maximum Gasteiger partial charge on any atom is 0.310 e. The van der Waals surface area contributed by atoms with Gasteiger partial charge in [0.05, 0.1) is 6.42 Å². The Bertz CT molecular complexity index is 763. The van der Waals surface area contributed by atoms with Gasteiger partial charge < -0.3 is 10.1 Å². The molecular weight excluding hydrogens is 318 g/mol. The molecule has 5 heteroatoms. The number of nitrogens with one attached hydrogen (secondary N) is 1. The topological polar surface area (TPSA) is 72.5 Å². The number of carbonyl (C=O) groups excluding carboxylic acids is 3. The Morgan fingerprint density at radius 1 is 1.00 bits per heavy atom. The maximum atomic E-state index is 12.3. The first-order chi connectivity index (χ1) is 11.8. The molecule has 1 atom stereocenters. The lowest BCUT2D eigenvalue weighted by Crippen LogP contribution is -2.25. The third kappa shape index (κ3) is 5.57. The van der Waals surface area contributed by atoms with Crippen LogP contribution in [0.5, 0.6) is 0 Å². The second kappa shape index (κ2) is 8.24. The fourth-order valence-electron chi connectivity index (χ4n) is 2.32. The summed E-state index contributed by atoms with van der Waals surface area (Å²) in [4.78, 5) is 35.3. The Hall–Kier alpha value is -2.95. The number of aryl methyl sites for hydroxylation is 1. The lowest BCUT2D eigenvalue weighted by Gasteiger charge is -2.13. The molecule has 0 saturated carbocycles. The van der Waals surface area contributed by atoms with E-state index in [1.807, 2.05) is 19.1 Å². The maximum absolute atomic E-state index is 12.3. The van der Waals surface area contributed by atoms with Gasteiger partial charge in [0.15, 0.2) is 6.10 Å². The minimum atomic E-state index is -0.839. The number of esters is 1. The summed E-state index contributed by atoms with van der Waals surface area (Å²) in [5.41, 5.74) is 2.98. The summed E-state index contributed by atoms with van der Waals surface area (Å²) < 4.78 is 5.24. The van der Waals surface area contributed by atoms with E-state index in [1.54, 1.807) is 43.3 Å². The smallest absolute Gasteiger partial charge is 0.310 e. The molecule has 2 aromatic rings. The van der Waals surface area contributed by atoms with E-state index in [0.29, 0.717) is 11.3 Å². The van der Waals surface area contributed by atoms with Crippen molar-refractivity contribution in [2.75, 3.05) is 5.32 Å². The molecule has 0 aliphatic rings. The Balaban J connectivity index is 1.91. The number of amides is 1. The van der Waals surface area contributed by atoms with Gasteiger partial charge in [0.1, 0.15) is 0 Å². The van der Waals surface area contributed by atoms with Gasteiger partial charge in [0, 0.05) is 18.2 Å². The fraction of sp³-hybridized carbons (Fsp3) is 0.250. The van der Waals surface area contributed by atoms with E-state index < -0.39 is 12.1 Å². The molecule has 1 N–H and O–H groups in total. The van der Waals surface area contributed by atoms with E-state index in [0.717, 1.165) is 11.1 Å².